The molecule has 1 saturated heterocycles. The first-order chi connectivity index (χ1) is 20.1. The van der Waals surface area contributed by atoms with E-state index in [0.29, 0.717) is 13.0 Å². The number of aryl methyl sites for hydroxylation is 2. The Morgan fingerprint density at radius 3 is 2.93 bits per heavy atom. The maximum Gasteiger partial charge on any atom is 0.138 e. The van der Waals surface area contributed by atoms with E-state index in [2.05, 4.69) is 43.9 Å². The Morgan fingerprint density at radius 1 is 1.12 bits per heavy atom. The lowest BCUT2D eigenvalue weighted by molar-refractivity contribution is -0.0296. The molecule has 9 heteroatoms. The van der Waals surface area contributed by atoms with Crippen LogP contribution in [0.15, 0.2) is 36.8 Å². The first-order valence-corrected chi connectivity index (χ1v) is 14.8. The second-order valence-corrected chi connectivity index (χ2v) is 12.7. The Hall–Kier alpha value is -4.00. The summed E-state index contributed by atoms with van der Waals surface area (Å²) < 4.78 is 10.8. The average molecular weight is 545 g/mol. The van der Waals surface area contributed by atoms with Crippen LogP contribution in [-0.2, 0) is 37.0 Å². The molecule has 0 amide bonds. The number of likely N-dealkylation sites (tertiary alicyclic amines) is 1. The van der Waals surface area contributed by atoms with Gasteiger partial charge in [0, 0.05) is 84.6 Å². The van der Waals surface area contributed by atoms with E-state index in [1.165, 1.54) is 33.3 Å². The zero-order valence-corrected chi connectivity index (χ0v) is 23.3. The molecule has 0 unspecified atom stereocenters. The van der Waals surface area contributed by atoms with Gasteiger partial charge in [-0.05, 0) is 55.2 Å². The Labute approximate surface area is 237 Å². The number of aromatic nitrogens is 6. The molecule has 1 atom stereocenters. The van der Waals surface area contributed by atoms with Gasteiger partial charge in [0.15, 0.2) is 0 Å². The topological polar surface area (TPSA) is 101 Å². The van der Waals surface area contributed by atoms with Crippen molar-refractivity contribution in [1.82, 2.24) is 34.4 Å². The summed E-state index contributed by atoms with van der Waals surface area (Å²) in [6, 6.07) is 9.10. The van der Waals surface area contributed by atoms with Gasteiger partial charge >= 0.3 is 0 Å². The Morgan fingerprint density at radius 2 is 2.05 bits per heavy atom. The minimum atomic E-state index is -0.368. The molecule has 206 valence electrons. The second kappa shape index (κ2) is 8.28. The lowest BCUT2D eigenvalue weighted by Gasteiger charge is -2.27. The van der Waals surface area contributed by atoms with Crippen molar-refractivity contribution in [2.75, 3.05) is 19.6 Å². The number of H-pyrrole nitrogens is 1. The fourth-order valence-electron chi connectivity index (χ4n) is 7.92. The molecule has 1 aliphatic carbocycles. The number of hydrogen-bond acceptors (Lipinski definition) is 6. The zero-order chi connectivity index (χ0) is 27.3. The maximum atomic E-state index is 9.40. The van der Waals surface area contributed by atoms with Crippen molar-refractivity contribution in [3.05, 3.63) is 53.6 Å². The van der Waals surface area contributed by atoms with Gasteiger partial charge in [-0.1, -0.05) is 6.07 Å². The Kier molecular flexibility index (Phi) is 4.78. The molecule has 2 fully saturated rings. The molecule has 7 heterocycles. The average Bonchev–Trinajstić information content (AvgIpc) is 3.61. The summed E-state index contributed by atoms with van der Waals surface area (Å²) in [4.78, 5) is 11.3. The quantitative estimate of drug-likeness (QED) is 0.332. The van der Waals surface area contributed by atoms with E-state index in [-0.39, 0.29) is 11.0 Å². The summed E-state index contributed by atoms with van der Waals surface area (Å²) in [5.41, 5.74) is 10.2. The fourth-order valence-corrected chi connectivity index (χ4v) is 7.92. The van der Waals surface area contributed by atoms with Crippen LogP contribution in [0.3, 0.4) is 0 Å². The molecular formula is C32H32N8O. The van der Waals surface area contributed by atoms with E-state index in [9.17, 15) is 5.26 Å². The monoisotopic (exact) mass is 544 g/mol. The van der Waals surface area contributed by atoms with E-state index in [1.807, 2.05) is 30.3 Å². The highest BCUT2D eigenvalue weighted by Gasteiger charge is 2.51. The standard InChI is InChI=1S/C32H32N8O/c1-38-24-5-4-20(13-21(24)15-35-38)26-27-28-22(14-34-30(27)37-29(26)23-16-36-40-11-2-3-25(23)40)17-41-32(28)9-12-39(19-32)18-31(6-7-31)8-10-33/h4-5,13-16H,2-3,6-9,11-12,17-19H2,1H3,(H,34,37)/t32-/m0/s1. The van der Waals surface area contributed by atoms with E-state index in [0.717, 1.165) is 86.1 Å². The van der Waals surface area contributed by atoms with Gasteiger partial charge < -0.3 is 9.72 Å². The Balaban J connectivity index is 1.24. The number of fused-ring (bicyclic) bond motifs is 6. The SMILES string of the molecule is Cn1ncc2cc(-c3c(-c4cnn5c4CCC5)[nH]c4ncc5c(c34)[C@@]3(CCN(CC4(CC#N)CC4)C3)OC5)ccc21. The van der Waals surface area contributed by atoms with Crippen LogP contribution in [-0.4, -0.2) is 54.1 Å². The summed E-state index contributed by atoms with van der Waals surface area (Å²) in [5.74, 6) is 0. The number of pyridine rings is 1. The summed E-state index contributed by atoms with van der Waals surface area (Å²) in [7, 11) is 1.99. The third-order valence-electron chi connectivity index (χ3n) is 10.2. The minimum absolute atomic E-state index is 0.184. The fraction of sp³-hybridized carbons (Fsp3) is 0.438. The first kappa shape index (κ1) is 23.7. The molecule has 3 aliphatic heterocycles. The van der Waals surface area contributed by atoms with Crippen molar-refractivity contribution < 1.29 is 4.74 Å². The molecule has 1 spiro atoms. The number of rotatable bonds is 5. The molecular weight excluding hydrogens is 512 g/mol. The van der Waals surface area contributed by atoms with Gasteiger partial charge in [0.2, 0.25) is 0 Å². The van der Waals surface area contributed by atoms with Gasteiger partial charge in [0.25, 0.3) is 0 Å². The number of ether oxygens (including phenoxy) is 1. The van der Waals surface area contributed by atoms with Crippen LogP contribution in [0.5, 0.6) is 0 Å². The highest BCUT2D eigenvalue weighted by Crippen LogP contribution is 2.54. The van der Waals surface area contributed by atoms with Crippen molar-refractivity contribution in [2.24, 2.45) is 12.5 Å². The minimum Gasteiger partial charge on any atom is -0.364 e. The number of hydrogen-bond donors (Lipinski definition) is 1. The third kappa shape index (κ3) is 3.38. The van der Waals surface area contributed by atoms with Crippen LogP contribution >= 0.6 is 0 Å². The number of nitriles is 1. The predicted molar refractivity (Wildman–Crippen MR) is 155 cm³/mol. The zero-order valence-electron chi connectivity index (χ0n) is 23.3. The molecule has 9 rings (SSSR count). The lowest BCUT2D eigenvalue weighted by Crippen LogP contribution is -2.34. The molecule has 0 bridgehead atoms. The van der Waals surface area contributed by atoms with Crippen LogP contribution < -0.4 is 0 Å². The predicted octanol–water partition coefficient (Wildman–Crippen LogP) is 5.05. The molecule has 1 N–H and O–H groups in total. The van der Waals surface area contributed by atoms with Gasteiger partial charge in [-0.3, -0.25) is 14.3 Å². The Bertz CT molecular complexity index is 1920. The van der Waals surface area contributed by atoms with Gasteiger partial charge in [0.1, 0.15) is 11.2 Å². The smallest absolute Gasteiger partial charge is 0.138 e. The van der Waals surface area contributed by atoms with Crippen LogP contribution in [0.4, 0.5) is 0 Å². The molecule has 5 aromatic rings. The number of benzene rings is 1. The first-order valence-electron chi connectivity index (χ1n) is 14.8. The van der Waals surface area contributed by atoms with E-state index < -0.39 is 0 Å². The second-order valence-electron chi connectivity index (χ2n) is 12.7. The highest BCUT2D eigenvalue weighted by molar-refractivity contribution is 6.06. The number of nitrogens with one attached hydrogen (secondary N) is 1. The summed E-state index contributed by atoms with van der Waals surface area (Å²) >= 11 is 0. The van der Waals surface area contributed by atoms with Gasteiger partial charge in [-0.2, -0.15) is 15.5 Å². The van der Waals surface area contributed by atoms with Crippen molar-refractivity contribution in [3.8, 4) is 28.5 Å². The van der Waals surface area contributed by atoms with Crippen molar-refractivity contribution in [2.45, 2.75) is 57.3 Å². The van der Waals surface area contributed by atoms with Gasteiger partial charge in [-0.15, -0.1) is 0 Å². The third-order valence-corrected chi connectivity index (χ3v) is 10.2. The van der Waals surface area contributed by atoms with E-state index in [4.69, 9.17) is 14.8 Å². The molecule has 1 aromatic carbocycles. The molecule has 4 aliphatic rings. The van der Waals surface area contributed by atoms with Gasteiger partial charge in [0.05, 0.1) is 36.3 Å². The van der Waals surface area contributed by atoms with Crippen LogP contribution in [0.25, 0.3) is 44.3 Å². The van der Waals surface area contributed by atoms with Crippen LogP contribution in [0, 0.1) is 16.7 Å². The summed E-state index contributed by atoms with van der Waals surface area (Å²) in [5, 5.41) is 21.0. The van der Waals surface area contributed by atoms with Crippen molar-refractivity contribution in [1.29, 1.82) is 5.26 Å². The molecule has 41 heavy (non-hydrogen) atoms. The summed E-state index contributed by atoms with van der Waals surface area (Å²) in [6.07, 6.45) is 12.1. The normalized spacial score (nSPS) is 22.6. The molecule has 4 aromatic heterocycles. The van der Waals surface area contributed by atoms with Crippen molar-refractivity contribution in [3.63, 3.8) is 0 Å². The number of nitrogens with zero attached hydrogens (tertiary/aromatic N) is 7. The van der Waals surface area contributed by atoms with Crippen LogP contribution in [0.1, 0.15) is 48.9 Å². The highest BCUT2D eigenvalue weighted by atomic mass is 16.5. The largest absolute Gasteiger partial charge is 0.364 e. The molecule has 1 saturated carbocycles. The maximum absolute atomic E-state index is 9.40. The van der Waals surface area contributed by atoms with Crippen LogP contribution in [0.2, 0.25) is 0 Å². The summed E-state index contributed by atoms with van der Waals surface area (Å²) in [6.45, 7) is 4.39. The molecule has 9 nitrogen and oxygen atoms in total. The van der Waals surface area contributed by atoms with E-state index >= 15 is 0 Å². The van der Waals surface area contributed by atoms with Crippen molar-refractivity contribution >= 4 is 21.9 Å². The molecule has 0 radical (unpaired) electrons. The lowest BCUT2D eigenvalue weighted by atomic mass is 9.86. The van der Waals surface area contributed by atoms with Gasteiger partial charge in [-0.25, -0.2) is 4.98 Å². The number of aromatic amines is 1. The van der Waals surface area contributed by atoms with E-state index in [1.54, 1.807) is 0 Å².